The zero-order valence-electron chi connectivity index (χ0n) is 21.9. The predicted octanol–water partition coefficient (Wildman–Crippen LogP) is 5.42. The number of anilines is 3. The first-order chi connectivity index (χ1) is 18.5. The van der Waals surface area contributed by atoms with E-state index in [2.05, 4.69) is 32.3 Å². The number of likely N-dealkylation sites (N-methyl/N-ethyl adjacent to an activating group) is 1. The van der Waals surface area contributed by atoms with Crippen LogP contribution in [0.25, 0.3) is 4.85 Å². The minimum atomic E-state index is -0.445. The lowest BCUT2D eigenvalue weighted by molar-refractivity contribution is 0.0526. The number of nitrogens with one attached hydrogen (secondary N) is 2. The number of benzene rings is 3. The molecule has 0 unspecified atom stereocenters. The second-order valence-corrected chi connectivity index (χ2v) is 9.25. The quantitative estimate of drug-likeness (QED) is 0.311. The number of carbonyl (C=O) groups is 2. The molecule has 3 aromatic rings. The molecule has 8 heteroatoms. The van der Waals surface area contributed by atoms with Crippen LogP contribution in [-0.4, -0.2) is 56.6 Å². The van der Waals surface area contributed by atoms with Gasteiger partial charge in [-0.1, -0.05) is 18.2 Å². The lowest BCUT2D eigenvalue weighted by Gasteiger charge is -2.23. The molecule has 0 spiro atoms. The molecular weight excluding hydrogens is 478 g/mol. The van der Waals surface area contributed by atoms with Crippen molar-refractivity contribution in [3.8, 4) is 0 Å². The summed E-state index contributed by atoms with van der Waals surface area (Å²) in [5.74, 6) is -0.705. The molecule has 8 nitrogen and oxygen atoms in total. The van der Waals surface area contributed by atoms with Crippen molar-refractivity contribution in [1.82, 2.24) is 4.90 Å². The molecule has 38 heavy (non-hydrogen) atoms. The predicted molar refractivity (Wildman–Crippen MR) is 151 cm³/mol. The van der Waals surface area contributed by atoms with Crippen molar-refractivity contribution in [3.05, 3.63) is 94.8 Å². The Kier molecular flexibility index (Phi) is 8.96. The molecule has 0 aromatic heterocycles. The molecule has 0 saturated carbocycles. The molecular formula is C30H33N5O3. The average Bonchev–Trinajstić information content (AvgIpc) is 3.17. The first-order valence-electron chi connectivity index (χ1n) is 12.8. The lowest BCUT2D eigenvalue weighted by atomic mass is 10.1. The molecule has 0 atom stereocenters. The van der Waals surface area contributed by atoms with E-state index in [4.69, 9.17) is 11.3 Å². The molecule has 1 aliphatic heterocycles. The van der Waals surface area contributed by atoms with Crippen LogP contribution in [0.2, 0.25) is 0 Å². The van der Waals surface area contributed by atoms with Crippen LogP contribution in [-0.2, 0) is 11.3 Å². The third kappa shape index (κ3) is 6.90. The van der Waals surface area contributed by atoms with E-state index in [1.54, 1.807) is 37.3 Å². The van der Waals surface area contributed by atoms with Crippen LogP contribution >= 0.6 is 0 Å². The summed E-state index contributed by atoms with van der Waals surface area (Å²) in [4.78, 5) is 33.7. The average molecular weight is 512 g/mol. The Morgan fingerprint density at radius 3 is 2.53 bits per heavy atom. The van der Waals surface area contributed by atoms with E-state index in [9.17, 15) is 9.59 Å². The van der Waals surface area contributed by atoms with Crippen molar-refractivity contribution in [1.29, 1.82) is 0 Å². The van der Waals surface area contributed by atoms with Gasteiger partial charge in [0.25, 0.3) is 5.91 Å². The fraction of sp³-hybridized carbons (Fsp3) is 0.300. The van der Waals surface area contributed by atoms with Gasteiger partial charge in [0.05, 0.1) is 18.7 Å². The number of esters is 1. The smallest absolute Gasteiger partial charge is 0.338 e. The van der Waals surface area contributed by atoms with Crippen molar-refractivity contribution in [2.45, 2.75) is 19.9 Å². The van der Waals surface area contributed by atoms with Crippen molar-refractivity contribution < 1.29 is 14.3 Å². The van der Waals surface area contributed by atoms with Gasteiger partial charge in [-0.3, -0.25) is 4.79 Å². The maximum Gasteiger partial charge on any atom is 0.338 e. The van der Waals surface area contributed by atoms with Crippen molar-refractivity contribution in [2.24, 2.45) is 0 Å². The zero-order chi connectivity index (χ0) is 26.9. The lowest BCUT2D eigenvalue weighted by Crippen LogP contribution is -2.28. The summed E-state index contributed by atoms with van der Waals surface area (Å²) in [6.07, 6.45) is 1.11. The van der Waals surface area contributed by atoms with Crippen LogP contribution in [0.4, 0.5) is 22.7 Å². The highest BCUT2D eigenvalue weighted by Crippen LogP contribution is 2.24. The molecule has 0 aliphatic carbocycles. The van der Waals surface area contributed by atoms with Gasteiger partial charge in [0.15, 0.2) is 5.69 Å². The van der Waals surface area contributed by atoms with Gasteiger partial charge >= 0.3 is 5.97 Å². The normalized spacial score (nSPS) is 13.8. The first-order valence-corrected chi connectivity index (χ1v) is 12.8. The summed E-state index contributed by atoms with van der Waals surface area (Å²) < 4.78 is 5.15. The van der Waals surface area contributed by atoms with Crippen LogP contribution < -0.4 is 15.5 Å². The van der Waals surface area contributed by atoms with E-state index >= 15 is 0 Å². The van der Waals surface area contributed by atoms with Gasteiger partial charge in [0.2, 0.25) is 0 Å². The minimum absolute atomic E-state index is 0.260. The highest BCUT2D eigenvalue weighted by molar-refractivity contribution is 6.05. The highest BCUT2D eigenvalue weighted by Gasteiger charge is 2.16. The second-order valence-electron chi connectivity index (χ2n) is 9.25. The largest absolute Gasteiger partial charge is 0.462 e. The van der Waals surface area contributed by atoms with Gasteiger partial charge in [-0.25, -0.2) is 9.64 Å². The second kappa shape index (κ2) is 12.7. The monoisotopic (exact) mass is 511 g/mol. The van der Waals surface area contributed by atoms with Gasteiger partial charge in [0, 0.05) is 48.8 Å². The number of ether oxygens (including phenoxy) is 1. The van der Waals surface area contributed by atoms with Gasteiger partial charge in [-0.05, 0) is 81.0 Å². The van der Waals surface area contributed by atoms with Gasteiger partial charge in [-0.15, -0.1) is 0 Å². The molecule has 0 radical (unpaired) electrons. The summed E-state index contributed by atoms with van der Waals surface area (Å²) in [5, 5.41) is 6.28. The summed E-state index contributed by atoms with van der Waals surface area (Å²) in [7, 11) is 2.14. The molecule has 3 aromatic carbocycles. The number of nitrogens with zero attached hydrogens (tertiary/aromatic N) is 3. The SMILES string of the molecule is [C-]#[N+]c1cccc(NCc2ccc(C(=O)OCC)cc2NC(=O)c2ccc(N3CCCN(C)CC3)cc2)c1. The van der Waals surface area contributed by atoms with Crippen LogP contribution in [0.5, 0.6) is 0 Å². The molecule has 1 saturated heterocycles. The third-order valence-corrected chi connectivity index (χ3v) is 6.54. The molecule has 196 valence electrons. The maximum atomic E-state index is 13.2. The molecule has 1 fully saturated rings. The van der Waals surface area contributed by atoms with E-state index in [-0.39, 0.29) is 12.5 Å². The Hall–Kier alpha value is -4.35. The van der Waals surface area contributed by atoms with E-state index in [0.29, 0.717) is 29.0 Å². The maximum absolute atomic E-state index is 13.2. The van der Waals surface area contributed by atoms with E-state index in [1.807, 2.05) is 36.4 Å². The summed E-state index contributed by atoms with van der Waals surface area (Å²) in [6.45, 7) is 13.7. The number of hydrogen-bond donors (Lipinski definition) is 2. The Labute approximate surface area is 224 Å². The molecule has 0 bridgehead atoms. The van der Waals surface area contributed by atoms with Crippen LogP contribution in [0, 0.1) is 6.57 Å². The van der Waals surface area contributed by atoms with Gasteiger partial charge < -0.3 is 25.2 Å². The van der Waals surface area contributed by atoms with Crippen LogP contribution in [0.1, 0.15) is 39.6 Å². The molecule has 4 rings (SSSR count). The highest BCUT2D eigenvalue weighted by atomic mass is 16.5. The molecule has 1 heterocycles. The van der Waals surface area contributed by atoms with E-state index < -0.39 is 5.97 Å². The number of carbonyl (C=O) groups excluding carboxylic acids is 2. The number of hydrogen-bond acceptors (Lipinski definition) is 6. The van der Waals surface area contributed by atoms with Crippen LogP contribution in [0.3, 0.4) is 0 Å². The van der Waals surface area contributed by atoms with Gasteiger partial charge in [-0.2, -0.15) is 0 Å². The van der Waals surface area contributed by atoms with E-state index in [1.165, 1.54) is 0 Å². The Bertz CT molecular complexity index is 1320. The topological polar surface area (TPSA) is 78.3 Å². The summed E-state index contributed by atoms with van der Waals surface area (Å²) in [6, 6.07) is 20.0. The van der Waals surface area contributed by atoms with Crippen molar-refractivity contribution in [3.63, 3.8) is 0 Å². The molecule has 2 N–H and O–H groups in total. The fourth-order valence-corrected chi connectivity index (χ4v) is 4.39. The first kappa shape index (κ1) is 26.7. The minimum Gasteiger partial charge on any atom is -0.462 e. The Morgan fingerprint density at radius 1 is 0.974 bits per heavy atom. The number of rotatable bonds is 8. The molecule has 1 amide bonds. The number of amides is 1. The third-order valence-electron chi connectivity index (χ3n) is 6.54. The summed E-state index contributed by atoms with van der Waals surface area (Å²) >= 11 is 0. The Balaban J connectivity index is 1.51. The van der Waals surface area contributed by atoms with Crippen molar-refractivity contribution in [2.75, 3.05) is 55.4 Å². The van der Waals surface area contributed by atoms with Crippen LogP contribution in [0.15, 0.2) is 66.7 Å². The Morgan fingerprint density at radius 2 is 1.76 bits per heavy atom. The zero-order valence-corrected chi connectivity index (χ0v) is 21.9. The van der Waals surface area contributed by atoms with Crippen molar-refractivity contribution >= 4 is 34.6 Å². The fourth-order valence-electron chi connectivity index (χ4n) is 4.39. The standard InChI is InChI=1S/C30H33N5O3/c1-4-38-30(37)23-9-10-24(21-32-26-8-5-7-25(20-26)31-2)28(19-23)33-29(36)22-11-13-27(14-12-22)35-16-6-15-34(3)17-18-35/h5,7-14,19-20,32H,4,6,15-18,21H2,1,3H3,(H,33,36). The van der Waals surface area contributed by atoms with E-state index in [0.717, 1.165) is 49.5 Å². The molecule has 1 aliphatic rings. The summed E-state index contributed by atoms with van der Waals surface area (Å²) in [5.41, 5.74) is 4.65. The van der Waals surface area contributed by atoms with Gasteiger partial charge in [0.1, 0.15) is 0 Å².